The molecule has 6 atom stereocenters. The first-order chi connectivity index (χ1) is 27.2. The van der Waals surface area contributed by atoms with Gasteiger partial charge in [-0.2, -0.15) is 5.01 Å². The molecule has 2 aliphatic carbocycles. The fourth-order valence-electron chi connectivity index (χ4n) is 9.62. The minimum Gasteiger partial charge on any atom is -0.508 e. The molecule has 0 unspecified atom stereocenters. The summed E-state index contributed by atoms with van der Waals surface area (Å²) in [5.74, 6) is -5.00. The maximum atomic E-state index is 15.3. The van der Waals surface area contributed by atoms with Gasteiger partial charge in [0.2, 0.25) is 11.8 Å². The topological polar surface area (TPSA) is 128 Å². The monoisotopic (exact) mass is 744 g/mol. The van der Waals surface area contributed by atoms with Crippen molar-refractivity contribution >= 4 is 46.4 Å². The van der Waals surface area contributed by atoms with E-state index in [1.165, 1.54) is 18.1 Å². The quantitative estimate of drug-likeness (QED) is 0.109. The number of hydrogen-bond acceptors (Lipinski definition) is 8. The van der Waals surface area contributed by atoms with E-state index in [0.717, 1.165) is 27.5 Å². The van der Waals surface area contributed by atoms with Crippen LogP contribution in [0.1, 0.15) is 35.4 Å². The molecule has 56 heavy (non-hydrogen) atoms. The van der Waals surface area contributed by atoms with Gasteiger partial charge in [-0.05, 0) is 85.8 Å². The number of nitrogens with zero attached hydrogens (tertiary/aromatic N) is 2. The number of ether oxygens (including phenoxy) is 1. The Morgan fingerprint density at radius 2 is 1.39 bits per heavy atom. The Morgan fingerprint density at radius 3 is 2.07 bits per heavy atom. The van der Waals surface area contributed by atoms with Gasteiger partial charge in [-0.3, -0.25) is 29.5 Å². The van der Waals surface area contributed by atoms with E-state index in [2.05, 4.69) is 10.7 Å². The Morgan fingerprint density at radius 1 is 0.732 bits per heavy atom. The zero-order valence-electron chi connectivity index (χ0n) is 30.9. The molecule has 2 saturated heterocycles. The largest absolute Gasteiger partial charge is 0.508 e. The Bertz CT molecular complexity index is 2400. The molecule has 3 N–H and O–H groups in total. The number of imide groups is 2. The molecule has 280 valence electrons. The Balaban J connectivity index is 1.15. The van der Waals surface area contributed by atoms with E-state index in [0.29, 0.717) is 28.3 Å². The normalized spacial score (nSPS) is 25.3. The van der Waals surface area contributed by atoms with Gasteiger partial charge in [0.25, 0.3) is 11.8 Å². The number of amides is 4. The van der Waals surface area contributed by atoms with E-state index in [4.69, 9.17) is 4.74 Å². The van der Waals surface area contributed by atoms with Crippen molar-refractivity contribution in [2.24, 2.45) is 23.7 Å². The number of carbonyl (C=O) groups is 4. The summed E-state index contributed by atoms with van der Waals surface area (Å²) in [6.07, 6.45) is 2.40. The molecule has 0 radical (unpaired) electrons. The lowest BCUT2D eigenvalue weighted by Gasteiger charge is -2.50. The number of benzene rings is 5. The van der Waals surface area contributed by atoms with Gasteiger partial charge in [0, 0.05) is 28.9 Å². The number of rotatable bonds is 8. The lowest BCUT2D eigenvalue weighted by atomic mass is 9.49. The second-order valence-corrected chi connectivity index (χ2v) is 15.1. The van der Waals surface area contributed by atoms with Crippen LogP contribution in [0.5, 0.6) is 11.5 Å². The number of hydrogen-bond donors (Lipinski definition) is 3. The number of aromatic hydroxyl groups is 1. The predicted octanol–water partition coefficient (Wildman–Crippen LogP) is 7.64. The number of hydrazine groups is 1. The van der Waals surface area contributed by atoms with Crippen molar-refractivity contribution in [2.45, 2.75) is 31.1 Å². The zero-order chi connectivity index (χ0) is 38.7. The van der Waals surface area contributed by atoms with Crippen LogP contribution < -0.4 is 20.4 Å². The summed E-state index contributed by atoms with van der Waals surface area (Å²) in [5.41, 5.74) is 7.20. The van der Waals surface area contributed by atoms with Gasteiger partial charge in [0.15, 0.2) is 0 Å². The number of nitrogens with one attached hydrogen (secondary N) is 2. The number of aryl methyl sites for hydroxylation is 1. The molecule has 4 aliphatic rings. The lowest BCUT2D eigenvalue weighted by molar-refractivity contribution is -0.138. The number of para-hydroxylation sites is 1. The fraction of sp³-hybridized carbons (Fsp3) is 0.217. The number of methoxy groups -OCH3 is 1. The Kier molecular flexibility index (Phi) is 8.49. The van der Waals surface area contributed by atoms with Crippen LogP contribution in [0.2, 0.25) is 0 Å². The molecule has 2 heterocycles. The van der Waals surface area contributed by atoms with Crippen LogP contribution in [0, 0.1) is 30.6 Å². The van der Waals surface area contributed by atoms with Crippen LogP contribution in [0.25, 0.3) is 0 Å². The van der Waals surface area contributed by atoms with Crippen LogP contribution in [-0.4, -0.2) is 40.9 Å². The van der Waals surface area contributed by atoms with Gasteiger partial charge < -0.3 is 15.2 Å². The highest BCUT2D eigenvalue weighted by atomic mass is 16.5. The molecule has 4 amide bonds. The van der Waals surface area contributed by atoms with Gasteiger partial charge >= 0.3 is 0 Å². The van der Waals surface area contributed by atoms with E-state index in [9.17, 15) is 19.5 Å². The number of carbonyl (C=O) groups excluding carboxylic acids is 4. The third kappa shape index (κ3) is 5.38. The second-order valence-electron chi connectivity index (χ2n) is 15.1. The van der Waals surface area contributed by atoms with Crippen molar-refractivity contribution < 1.29 is 29.0 Å². The minimum absolute atomic E-state index is 0.100. The summed E-state index contributed by atoms with van der Waals surface area (Å²) in [7, 11) is 1.51. The number of fused-ring (bicyclic) bond motifs is 4. The molecule has 10 heteroatoms. The maximum absolute atomic E-state index is 15.3. The van der Waals surface area contributed by atoms with Crippen molar-refractivity contribution in [3.05, 3.63) is 156 Å². The summed E-state index contributed by atoms with van der Waals surface area (Å²) in [6, 6.07) is 38.6. The van der Waals surface area contributed by atoms with Crippen LogP contribution >= 0.6 is 0 Å². The van der Waals surface area contributed by atoms with E-state index in [-0.39, 0.29) is 30.4 Å². The van der Waals surface area contributed by atoms with E-state index < -0.39 is 46.8 Å². The molecule has 0 bridgehead atoms. The first-order valence-electron chi connectivity index (χ1n) is 18.8. The summed E-state index contributed by atoms with van der Waals surface area (Å²) in [6.45, 7) is 1.96. The highest BCUT2D eigenvalue weighted by Gasteiger charge is 2.70. The van der Waals surface area contributed by atoms with E-state index in [1.54, 1.807) is 24.3 Å². The van der Waals surface area contributed by atoms with Crippen molar-refractivity contribution in [1.29, 1.82) is 0 Å². The predicted molar refractivity (Wildman–Crippen MR) is 212 cm³/mol. The molecule has 5 aromatic carbocycles. The highest BCUT2D eigenvalue weighted by molar-refractivity contribution is 6.22. The minimum atomic E-state index is -1.50. The van der Waals surface area contributed by atoms with E-state index >= 15 is 4.79 Å². The number of allylic oxidation sites excluding steroid dienone is 2. The van der Waals surface area contributed by atoms with Crippen molar-refractivity contribution in [3.63, 3.8) is 0 Å². The Labute approximate surface area is 324 Å². The molecular formula is C46H40N4O6. The molecule has 1 saturated carbocycles. The molecule has 3 fully saturated rings. The average molecular weight is 745 g/mol. The van der Waals surface area contributed by atoms with Crippen molar-refractivity contribution in [1.82, 2.24) is 5.01 Å². The zero-order valence-corrected chi connectivity index (χ0v) is 30.9. The Hall–Kier alpha value is -6.68. The first kappa shape index (κ1) is 35.0. The number of phenols is 1. The smallest absolute Gasteiger partial charge is 0.260 e. The van der Waals surface area contributed by atoms with Crippen LogP contribution in [0.15, 0.2) is 139 Å². The number of anilines is 4. The van der Waals surface area contributed by atoms with Crippen molar-refractivity contribution in [2.75, 3.05) is 22.8 Å². The van der Waals surface area contributed by atoms with Crippen LogP contribution in [0.4, 0.5) is 22.7 Å². The van der Waals surface area contributed by atoms with Gasteiger partial charge in [-0.1, -0.05) is 83.9 Å². The summed E-state index contributed by atoms with van der Waals surface area (Å²) < 4.78 is 5.44. The number of phenolic OH excluding ortho intramolecular Hbond substituents is 1. The molecule has 0 aromatic heterocycles. The molecule has 5 aromatic rings. The maximum Gasteiger partial charge on any atom is 0.260 e. The van der Waals surface area contributed by atoms with Gasteiger partial charge in [-0.25, -0.2) is 0 Å². The second kappa shape index (κ2) is 13.6. The van der Waals surface area contributed by atoms with Crippen molar-refractivity contribution in [3.8, 4) is 11.5 Å². The molecule has 0 spiro atoms. The van der Waals surface area contributed by atoms with Gasteiger partial charge in [-0.15, -0.1) is 0 Å². The molecule has 9 rings (SSSR count). The fourth-order valence-corrected chi connectivity index (χ4v) is 9.62. The third-order valence-corrected chi connectivity index (χ3v) is 12.1. The summed E-state index contributed by atoms with van der Waals surface area (Å²) in [5, 5.41) is 16.2. The van der Waals surface area contributed by atoms with E-state index in [1.807, 2.05) is 110 Å². The third-order valence-electron chi connectivity index (χ3n) is 12.1. The lowest BCUT2D eigenvalue weighted by Crippen LogP contribution is -2.53. The highest BCUT2D eigenvalue weighted by Crippen LogP contribution is 2.65. The van der Waals surface area contributed by atoms with Crippen LogP contribution in [0.3, 0.4) is 0 Å². The molecule has 2 aliphatic heterocycles. The van der Waals surface area contributed by atoms with Gasteiger partial charge in [0.05, 0.1) is 41.7 Å². The summed E-state index contributed by atoms with van der Waals surface area (Å²) >= 11 is 0. The first-order valence-corrected chi connectivity index (χ1v) is 18.8. The summed E-state index contributed by atoms with van der Waals surface area (Å²) in [4.78, 5) is 60.5. The SMILES string of the molecule is COc1ccc([C@H]2C3=CC[C@@H]4C(=O)N(c5ccc(Nc6ccccc6)cc5)C(=O)[C@@H]4[C@@H]3C[C@H]3C(=O)N(Nc4ccc(C)cc4)C(=O)[C@@]23c2ccccc2)c(O)c1. The van der Waals surface area contributed by atoms with Gasteiger partial charge in [0.1, 0.15) is 11.5 Å². The molecule has 10 nitrogen and oxygen atoms in total. The van der Waals surface area contributed by atoms with Crippen LogP contribution in [-0.2, 0) is 24.6 Å². The molecular weight excluding hydrogens is 705 g/mol. The standard InChI is InChI=1S/C46H40N4O6/c1-27-13-15-31(16-14-27)48-50-43(53)38-26-37-34(41(35-22-21-33(56-2)25-39(35)51)46(38,45(50)55)28-9-5-3-6-10-28)23-24-36-40(37)44(54)49(42(36)52)32-19-17-30(18-20-32)47-29-11-7-4-8-12-29/h3-23,25,36-38,40-41,47-48,51H,24,26H2,1-2H3/t36-,37+,38-,40-,41+,46+/m0/s1. The average Bonchev–Trinajstić information content (AvgIpc) is 3.60.